The maximum atomic E-state index is 12.9. The second kappa shape index (κ2) is 8.25. The fourth-order valence-corrected chi connectivity index (χ4v) is 6.99. The topological polar surface area (TPSA) is 65.0 Å². The summed E-state index contributed by atoms with van der Waals surface area (Å²) in [6, 6.07) is 0. The number of phosphoric acid groups is 1. The smallest absolute Gasteiger partial charge is 0.337 e. The normalized spacial score (nSPS) is 25.6. The molecule has 2 rings (SSSR count). The van der Waals surface area contributed by atoms with E-state index in [0.717, 1.165) is 51.4 Å². The first-order chi connectivity index (χ1) is 9.86. The average Bonchev–Trinajstić information content (AvgIpc) is 2.38. The van der Waals surface area contributed by atoms with Crippen molar-refractivity contribution in [3.8, 4) is 0 Å². The van der Waals surface area contributed by atoms with Crippen LogP contribution in [-0.2, 0) is 29.7 Å². The molecule has 1 unspecified atom stereocenters. The van der Waals surface area contributed by atoms with Crippen LogP contribution in [0.2, 0.25) is 0 Å². The van der Waals surface area contributed by atoms with Gasteiger partial charge in [0.2, 0.25) is 0 Å². The van der Waals surface area contributed by atoms with Gasteiger partial charge in [-0.05, 0) is 37.5 Å². The van der Waals surface area contributed by atoms with Crippen LogP contribution in [0, 0.1) is 0 Å². The lowest BCUT2D eigenvalue weighted by Crippen LogP contribution is -2.20. The summed E-state index contributed by atoms with van der Waals surface area (Å²) in [5.74, 6) is 0. The molecular weight excluding hydrogens is 350 g/mol. The lowest BCUT2D eigenvalue weighted by atomic mass is 9.98. The van der Waals surface area contributed by atoms with Crippen molar-refractivity contribution in [3.63, 3.8) is 0 Å². The van der Waals surface area contributed by atoms with Crippen molar-refractivity contribution in [2.75, 3.05) is 0 Å². The summed E-state index contributed by atoms with van der Waals surface area (Å²) in [6.45, 7) is 0. The van der Waals surface area contributed by atoms with Gasteiger partial charge in [0.1, 0.15) is 0 Å². The quantitative estimate of drug-likeness (QED) is 0.506. The Morgan fingerprint density at radius 1 is 0.905 bits per heavy atom. The van der Waals surface area contributed by atoms with Gasteiger partial charge in [-0.3, -0.25) is 9.05 Å². The average molecular weight is 374 g/mol. The Morgan fingerprint density at radius 2 is 1.29 bits per heavy atom. The second-order valence-corrected chi connectivity index (χ2v) is 12.6. The number of rotatable bonds is 6. The van der Waals surface area contributed by atoms with Crippen LogP contribution < -0.4 is 0 Å². The SMILES string of the molecule is O=P(OC1CCCCC1)(OC1CCCCC1)OP(O)(=S)S. The minimum atomic E-state index is -3.86. The zero-order valence-corrected chi connectivity index (χ0v) is 15.6. The first-order valence-electron chi connectivity index (χ1n) is 7.60. The Morgan fingerprint density at radius 3 is 1.62 bits per heavy atom. The van der Waals surface area contributed by atoms with Gasteiger partial charge in [0, 0.05) is 0 Å². The molecule has 0 aromatic rings. The van der Waals surface area contributed by atoms with Crippen molar-refractivity contribution in [2.24, 2.45) is 0 Å². The highest BCUT2D eigenvalue weighted by Crippen LogP contribution is 2.67. The van der Waals surface area contributed by atoms with Crippen LogP contribution in [0.3, 0.4) is 0 Å². The van der Waals surface area contributed by atoms with E-state index in [0.29, 0.717) is 0 Å². The Labute approximate surface area is 137 Å². The van der Waals surface area contributed by atoms with E-state index in [1.807, 2.05) is 0 Å². The molecule has 0 saturated heterocycles. The third-order valence-electron chi connectivity index (χ3n) is 3.87. The van der Waals surface area contributed by atoms with E-state index in [1.54, 1.807) is 0 Å². The van der Waals surface area contributed by atoms with Crippen LogP contribution in [0.25, 0.3) is 0 Å². The lowest BCUT2D eigenvalue weighted by Gasteiger charge is -2.31. The number of thiol groups is 1. The summed E-state index contributed by atoms with van der Waals surface area (Å²) in [7, 11) is -3.86. The summed E-state index contributed by atoms with van der Waals surface area (Å²) >= 11 is 8.56. The molecule has 0 amide bonds. The molecule has 0 aliphatic heterocycles. The Bertz CT molecular complexity index is 392. The van der Waals surface area contributed by atoms with Crippen molar-refractivity contribution < 1.29 is 22.8 Å². The van der Waals surface area contributed by atoms with E-state index in [4.69, 9.17) is 25.2 Å². The van der Waals surface area contributed by atoms with Crippen molar-refractivity contribution in [1.82, 2.24) is 0 Å². The summed E-state index contributed by atoms with van der Waals surface area (Å²) in [5, 5.41) is 0. The van der Waals surface area contributed by atoms with Crippen molar-refractivity contribution >= 4 is 37.6 Å². The monoisotopic (exact) mass is 374 g/mol. The maximum absolute atomic E-state index is 12.9. The molecule has 9 heteroatoms. The third-order valence-corrected chi connectivity index (χ3v) is 7.89. The summed E-state index contributed by atoms with van der Waals surface area (Å²) < 4.78 is 29.2. The number of phosphoric ester groups is 1. The fraction of sp³-hybridized carbons (Fsp3) is 1.00. The molecule has 0 heterocycles. The molecular formula is C12H24O5P2S2. The second-order valence-electron chi connectivity index (χ2n) is 5.75. The van der Waals surface area contributed by atoms with Gasteiger partial charge < -0.3 is 4.89 Å². The van der Waals surface area contributed by atoms with Crippen LogP contribution in [0.15, 0.2) is 0 Å². The predicted octanol–water partition coefficient (Wildman–Crippen LogP) is 4.96. The highest BCUT2D eigenvalue weighted by Gasteiger charge is 2.38. The summed E-state index contributed by atoms with van der Waals surface area (Å²) in [5.41, 5.74) is -3.41. The summed E-state index contributed by atoms with van der Waals surface area (Å²) in [6.07, 6.45) is 9.55. The van der Waals surface area contributed by atoms with Gasteiger partial charge in [-0.2, -0.15) is 0 Å². The molecule has 21 heavy (non-hydrogen) atoms. The molecule has 124 valence electrons. The Balaban J connectivity index is 2.01. The standard InChI is InChI=1S/C12H24O5P2S2/c13-18(17-19(14,20)21,15-11-7-3-1-4-8-11)16-12-9-5-2-6-10-12/h11-12H,1-10H2,(H2,14,20,21). The van der Waals surface area contributed by atoms with Gasteiger partial charge >= 0.3 is 7.82 Å². The van der Waals surface area contributed by atoms with Gasteiger partial charge in [-0.15, -0.1) is 0 Å². The van der Waals surface area contributed by atoms with Crippen LogP contribution in [0.5, 0.6) is 0 Å². The highest BCUT2D eigenvalue weighted by molar-refractivity contribution is 8.60. The van der Waals surface area contributed by atoms with Gasteiger partial charge in [-0.25, -0.2) is 8.88 Å². The number of hydrogen-bond donors (Lipinski definition) is 2. The Hall–Kier alpha value is 1.07. The zero-order valence-electron chi connectivity index (χ0n) is 12.1. The van der Waals surface area contributed by atoms with E-state index in [2.05, 4.69) is 12.2 Å². The van der Waals surface area contributed by atoms with Gasteiger partial charge in [0.15, 0.2) is 0 Å². The van der Waals surface area contributed by atoms with E-state index >= 15 is 0 Å². The minimum Gasteiger partial charge on any atom is -0.337 e. The van der Waals surface area contributed by atoms with E-state index in [-0.39, 0.29) is 12.2 Å². The molecule has 0 aromatic heterocycles. The lowest BCUT2D eigenvalue weighted by molar-refractivity contribution is 0.0523. The largest absolute Gasteiger partial charge is 0.481 e. The highest BCUT2D eigenvalue weighted by atomic mass is 32.9. The minimum absolute atomic E-state index is 0.150. The molecule has 2 aliphatic rings. The van der Waals surface area contributed by atoms with Gasteiger partial charge in [-0.1, -0.05) is 50.8 Å². The molecule has 2 saturated carbocycles. The first kappa shape index (κ1) is 18.4. The van der Waals surface area contributed by atoms with Crippen molar-refractivity contribution in [2.45, 2.75) is 76.4 Å². The molecule has 2 fully saturated rings. The van der Waals surface area contributed by atoms with E-state index < -0.39 is 13.5 Å². The Kier molecular flexibility index (Phi) is 7.23. The predicted molar refractivity (Wildman–Crippen MR) is 90.1 cm³/mol. The third kappa shape index (κ3) is 7.01. The van der Waals surface area contributed by atoms with Crippen LogP contribution >= 0.6 is 25.8 Å². The molecule has 1 N–H and O–H groups in total. The number of hydrogen-bond acceptors (Lipinski definition) is 5. The molecule has 0 aromatic carbocycles. The molecule has 1 atom stereocenters. The van der Waals surface area contributed by atoms with Crippen LogP contribution in [0.1, 0.15) is 64.2 Å². The van der Waals surface area contributed by atoms with Crippen molar-refractivity contribution in [3.05, 3.63) is 0 Å². The van der Waals surface area contributed by atoms with Crippen LogP contribution in [0.4, 0.5) is 0 Å². The van der Waals surface area contributed by atoms with Gasteiger partial charge in [0.25, 0.3) is 5.69 Å². The summed E-state index contributed by atoms with van der Waals surface area (Å²) in [4.78, 5) is 9.65. The maximum Gasteiger partial charge on any atom is 0.481 e. The van der Waals surface area contributed by atoms with Crippen molar-refractivity contribution in [1.29, 1.82) is 0 Å². The molecule has 5 nitrogen and oxygen atoms in total. The molecule has 2 aliphatic carbocycles. The molecule has 0 radical (unpaired) electrons. The fourth-order valence-electron chi connectivity index (χ4n) is 2.90. The first-order valence-corrected chi connectivity index (χ1v) is 12.9. The van der Waals surface area contributed by atoms with E-state index in [9.17, 15) is 9.46 Å². The zero-order chi connectivity index (χ0) is 15.3. The van der Waals surface area contributed by atoms with Gasteiger partial charge in [0.05, 0.1) is 12.2 Å². The molecule has 0 bridgehead atoms. The van der Waals surface area contributed by atoms with E-state index in [1.165, 1.54) is 12.8 Å². The van der Waals surface area contributed by atoms with Crippen LogP contribution in [-0.4, -0.2) is 17.1 Å². The molecule has 0 spiro atoms.